The highest BCUT2D eigenvalue weighted by molar-refractivity contribution is 6.33. The zero-order chi connectivity index (χ0) is 13.7. The van der Waals surface area contributed by atoms with E-state index in [1.807, 2.05) is 26.0 Å². The van der Waals surface area contributed by atoms with Crippen molar-refractivity contribution in [3.63, 3.8) is 0 Å². The molecule has 0 radical (unpaired) electrons. The van der Waals surface area contributed by atoms with E-state index in [1.54, 1.807) is 4.57 Å². The molecular formula is C15H16ClNO2. The normalized spacial score (nSPS) is 13.8. The first-order valence-electron chi connectivity index (χ1n) is 6.41. The van der Waals surface area contributed by atoms with Crippen LogP contribution in [-0.4, -0.2) is 14.8 Å². The highest BCUT2D eigenvalue weighted by Gasteiger charge is 2.28. The summed E-state index contributed by atoms with van der Waals surface area (Å²) in [5.74, 6) is 0.294. The van der Waals surface area contributed by atoms with Gasteiger partial charge in [-0.25, -0.2) is 0 Å². The predicted octanol–water partition coefficient (Wildman–Crippen LogP) is 3.78. The smallest absolute Gasteiger partial charge is 0.203 e. The lowest BCUT2D eigenvalue weighted by molar-refractivity contribution is 0.424. The SMILES string of the molecule is Cc1cc(C)c(-c2c(O)c3n(c2O)CCC3)c(Cl)c1. The standard InChI is InChI=1S/C15H16ClNO2/c1-8-6-9(2)12(10(16)7-8)13-14(18)11-4-3-5-17(11)15(13)19/h6-7,18-19H,3-5H2,1-2H3. The number of aryl methyl sites for hydroxylation is 2. The van der Waals surface area contributed by atoms with Crippen LogP contribution in [0.3, 0.4) is 0 Å². The largest absolute Gasteiger partial charge is 0.505 e. The summed E-state index contributed by atoms with van der Waals surface area (Å²) in [6.07, 6.45) is 1.75. The van der Waals surface area contributed by atoms with Gasteiger partial charge in [0.1, 0.15) is 5.75 Å². The number of aromatic hydroxyl groups is 2. The van der Waals surface area contributed by atoms with Gasteiger partial charge < -0.3 is 14.8 Å². The van der Waals surface area contributed by atoms with Crippen molar-refractivity contribution < 1.29 is 10.2 Å². The Labute approximate surface area is 117 Å². The van der Waals surface area contributed by atoms with Crippen LogP contribution in [0.15, 0.2) is 12.1 Å². The van der Waals surface area contributed by atoms with Gasteiger partial charge in [-0.3, -0.25) is 0 Å². The molecule has 1 aromatic heterocycles. The lowest BCUT2D eigenvalue weighted by Gasteiger charge is -2.10. The molecular weight excluding hydrogens is 262 g/mol. The highest BCUT2D eigenvalue weighted by Crippen LogP contribution is 2.48. The number of nitrogens with zero attached hydrogens (tertiary/aromatic N) is 1. The molecule has 0 saturated carbocycles. The fraction of sp³-hybridized carbons (Fsp3) is 0.333. The maximum Gasteiger partial charge on any atom is 0.203 e. The molecule has 3 rings (SSSR count). The monoisotopic (exact) mass is 277 g/mol. The van der Waals surface area contributed by atoms with Crippen molar-refractivity contribution in [3.05, 3.63) is 34.0 Å². The van der Waals surface area contributed by atoms with Gasteiger partial charge in [-0.1, -0.05) is 17.7 Å². The van der Waals surface area contributed by atoms with E-state index in [0.29, 0.717) is 10.6 Å². The van der Waals surface area contributed by atoms with Crippen molar-refractivity contribution in [1.82, 2.24) is 4.57 Å². The molecule has 0 aliphatic carbocycles. The van der Waals surface area contributed by atoms with Gasteiger partial charge in [0.25, 0.3) is 0 Å². The Balaban J connectivity index is 2.30. The Morgan fingerprint density at radius 3 is 2.53 bits per heavy atom. The molecule has 2 heterocycles. The Kier molecular flexibility index (Phi) is 2.75. The highest BCUT2D eigenvalue weighted by atomic mass is 35.5. The molecule has 19 heavy (non-hydrogen) atoms. The topological polar surface area (TPSA) is 45.4 Å². The van der Waals surface area contributed by atoms with E-state index in [-0.39, 0.29) is 11.6 Å². The molecule has 100 valence electrons. The molecule has 0 amide bonds. The molecule has 2 N–H and O–H groups in total. The van der Waals surface area contributed by atoms with Crippen molar-refractivity contribution in [2.45, 2.75) is 33.2 Å². The van der Waals surface area contributed by atoms with E-state index in [2.05, 4.69) is 0 Å². The van der Waals surface area contributed by atoms with Gasteiger partial charge in [0, 0.05) is 17.1 Å². The second-order valence-corrected chi connectivity index (χ2v) is 5.59. The average molecular weight is 278 g/mol. The van der Waals surface area contributed by atoms with E-state index >= 15 is 0 Å². The minimum Gasteiger partial charge on any atom is -0.505 e. The fourth-order valence-electron chi connectivity index (χ4n) is 3.00. The van der Waals surface area contributed by atoms with E-state index in [0.717, 1.165) is 41.8 Å². The van der Waals surface area contributed by atoms with Crippen LogP contribution in [0.25, 0.3) is 11.1 Å². The molecule has 0 spiro atoms. The molecule has 0 fully saturated rings. The molecule has 3 nitrogen and oxygen atoms in total. The third kappa shape index (κ3) is 1.72. The zero-order valence-electron chi connectivity index (χ0n) is 11.0. The summed E-state index contributed by atoms with van der Waals surface area (Å²) in [6.45, 7) is 4.66. The molecule has 0 unspecified atom stereocenters. The summed E-state index contributed by atoms with van der Waals surface area (Å²) in [4.78, 5) is 0. The second kappa shape index (κ2) is 4.20. The van der Waals surface area contributed by atoms with Crippen LogP contribution in [0.2, 0.25) is 5.02 Å². The lowest BCUT2D eigenvalue weighted by atomic mass is 9.99. The average Bonchev–Trinajstić information content (AvgIpc) is 2.87. The third-order valence-corrected chi connectivity index (χ3v) is 4.09. The summed E-state index contributed by atoms with van der Waals surface area (Å²) in [6, 6.07) is 3.86. The molecule has 1 aliphatic heterocycles. The summed E-state index contributed by atoms with van der Waals surface area (Å²) in [5, 5.41) is 21.3. The summed E-state index contributed by atoms with van der Waals surface area (Å²) >= 11 is 6.30. The van der Waals surface area contributed by atoms with Gasteiger partial charge in [0.15, 0.2) is 0 Å². The number of rotatable bonds is 1. The van der Waals surface area contributed by atoms with Gasteiger partial charge >= 0.3 is 0 Å². The Morgan fingerprint density at radius 2 is 1.89 bits per heavy atom. The van der Waals surface area contributed by atoms with Gasteiger partial charge in [-0.15, -0.1) is 0 Å². The molecule has 4 heteroatoms. The summed E-state index contributed by atoms with van der Waals surface area (Å²) in [5.41, 5.74) is 4.03. The number of halogens is 1. The maximum atomic E-state index is 10.4. The van der Waals surface area contributed by atoms with Crippen molar-refractivity contribution in [3.8, 4) is 22.8 Å². The van der Waals surface area contributed by atoms with Crippen LogP contribution >= 0.6 is 11.6 Å². The van der Waals surface area contributed by atoms with Gasteiger partial charge in [-0.2, -0.15) is 0 Å². The molecule has 2 aromatic rings. The molecule has 1 aliphatic rings. The number of fused-ring (bicyclic) bond motifs is 1. The predicted molar refractivity (Wildman–Crippen MR) is 76.0 cm³/mol. The molecule has 0 bridgehead atoms. The summed E-state index contributed by atoms with van der Waals surface area (Å²) in [7, 11) is 0. The van der Waals surface area contributed by atoms with Crippen molar-refractivity contribution in [2.24, 2.45) is 0 Å². The van der Waals surface area contributed by atoms with Crippen molar-refractivity contribution in [2.75, 3.05) is 0 Å². The number of benzene rings is 1. The first kappa shape index (κ1) is 12.4. The summed E-state index contributed by atoms with van der Waals surface area (Å²) < 4.78 is 1.78. The van der Waals surface area contributed by atoms with E-state index in [4.69, 9.17) is 11.6 Å². The van der Waals surface area contributed by atoms with Crippen LogP contribution in [0.1, 0.15) is 23.2 Å². The van der Waals surface area contributed by atoms with Crippen molar-refractivity contribution in [1.29, 1.82) is 0 Å². The van der Waals surface area contributed by atoms with Gasteiger partial charge in [0.05, 0.1) is 11.3 Å². The van der Waals surface area contributed by atoms with Crippen LogP contribution in [0, 0.1) is 13.8 Å². The molecule has 0 saturated heterocycles. The van der Waals surface area contributed by atoms with Crippen LogP contribution in [0.5, 0.6) is 11.6 Å². The van der Waals surface area contributed by atoms with E-state index < -0.39 is 0 Å². The molecule has 1 aromatic carbocycles. The molecule has 0 atom stereocenters. The Bertz CT molecular complexity index is 623. The fourth-order valence-corrected chi connectivity index (χ4v) is 3.42. The Hall–Kier alpha value is -1.61. The number of hydrogen-bond acceptors (Lipinski definition) is 2. The Morgan fingerprint density at radius 1 is 1.16 bits per heavy atom. The van der Waals surface area contributed by atoms with Crippen LogP contribution in [0.4, 0.5) is 0 Å². The van der Waals surface area contributed by atoms with E-state index in [1.165, 1.54) is 0 Å². The zero-order valence-corrected chi connectivity index (χ0v) is 11.8. The van der Waals surface area contributed by atoms with Crippen LogP contribution in [-0.2, 0) is 13.0 Å². The first-order valence-corrected chi connectivity index (χ1v) is 6.79. The first-order chi connectivity index (χ1) is 9.00. The number of hydrogen-bond donors (Lipinski definition) is 2. The minimum absolute atomic E-state index is 0.124. The second-order valence-electron chi connectivity index (χ2n) is 5.19. The van der Waals surface area contributed by atoms with E-state index in [9.17, 15) is 10.2 Å². The third-order valence-electron chi connectivity index (χ3n) is 3.79. The van der Waals surface area contributed by atoms with Gasteiger partial charge in [-0.05, 0) is 43.9 Å². The lowest BCUT2D eigenvalue weighted by Crippen LogP contribution is -1.91. The van der Waals surface area contributed by atoms with Crippen LogP contribution < -0.4 is 0 Å². The maximum absolute atomic E-state index is 10.4. The van der Waals surface area contributed by atoms with Crippen molar-refractivity contribution >= 4 is 11.6 Å². The minimum atomic E-state index is 0.124. The quantitative estimate of drug-likeness (QED) is 0.833. The number of aromatic nitrogens is 1. The van der Waals surface area contributed by atoms with Gasteiger partial charge in [0.2, 0.25) is 5.88 Å².